The average molecular weight is 527 g/mol. The summed E-state index contributed by atoms with van der Waals surface area (Å²) in [5.74, 6) is -0.0412. The van der Waals surface area contributed by atoms with Gasteiger partial charge in [-0.25, -0.2) is 4.79 Å². The molecule has 0 aliphatic heterocycles. The highest BCUT2D eigenvalue weighted by atomic mass is 79.9. The third kappa shape index (κ3) is 3.35. The van der Waals surface area contributed by atoms with Gasteiger partial charge in [-0.3, -0.25) is 4.79 Å². The number of thiophene rings is 1. The van der Waals surface area contributed by atoms with Gasteiger partial charge in [-0.1, -0.05) is 62.2 Å². The molecule has 1 aromatic heterocycles. The Kier molecular flexibility index (Phi) is 5.21. The maximum absolute atomic E-state index is 12.9. The van der Waals surface area contributed by atoms with Crippen molar-refractivity contribution >= 4 is 60.1 Å². The molecule has 2 aliphatic rings. The number of anilines is 1. The van der Waals surface area contributed by atoms with Gasteiger partial charge in [-0.05, 0) is 49.7 Å². The fourth-order valence-corrected chi connectivity index (χ4v) is 6.68. The van der Waals surface area contributed by atoms with Crippen LogP contribution in [-0.2, 0) is 22.4 Å². The van der Waals surface area contributed by atoms with Crippen molar-refractivity contribution in [1.29, 1.82) is 0 Å². The molecule has 4 rings (SSSR count). The van der Waals surface area contributed by atoms with Crippen LogP contribution in [0, 0.1) is 5.41 Å². The molecule has 0 bridgehead atoms. The van der Waals surface area contributed by atoms with Gasteiger partial charge >= 0.3 is 5.97 Å². The van der Waals surface area contributed by atoms with Crippen LogP contribution in [0.1, 0.15) is 52.0 Å². The summed E-state index contributed by atoms with van der Waals surface area (Å²) in [4.78, 5) is 26.5. The zero-order valence-corrected chi connectivity index (χ0v) is 19.7. The lowest BCUT2D eigenvalue weighted by molar-refractivity contribution is -0.120. The predicted molar refractivity (Wildman–Crippen MR) is 119 cm³/mol. The summed E-state index contributed by atoms with van der Waals surface area (Å²) in [5, 5.41) is 3.63. The van der Waals surface area contributed by atoms with Gasteiger partial charge < -0.3 is 10.1 Å². The Balaban J connectivity index is 1.64. The number of fused-ring (bicyclic) bond motifs is 1. The van der Waals surface area contributed by atoms with Crippen LogP contribution in [0.15, 0.2) is 30.3 Å². The van der Waals surface area contributed by atoms with E-state index in [2.05, 4.69) is 61.4 Å². The van der Waals surface area contributed by atoms with Gasteiger partial charge in [0.25, 0.3) is 0 Å². The first kappa shape index (κ1) is 20.1. The minimum atomic E-state index is -0.544. The van der Waals surface area contributed by atoms with E-state index in [4.69, 9.17) is 4.74 Å². The summed E-state index contributed by atoms with van der Waals surface area (Å²) in [6.07, 6.45) is 3.36. The molecule has 1 N–H and O–H groups in total. The van der Waals surface area contributed by atoms with Crippen molar-refractivity contribution in [3.8, 4) is 0 Å². The van der Waals surface area contributed by atoms with Gasteiger partial charge in [0.2, 0.25) is 5.91 Å². The van der Waals surface area contributed by atoms with Gasteiger partial charge in [0, 0.05) is 4.88 Å². The molecule has 0 spiro atoms. The van der Waals surface area contributed by atoms with Crippen molar-refractivity contribution in [3.05, 3.63) is 51.9 Å². The molecule has 0 saturated heterocycles. The molecule has 2 atom stereocenters. The van der Waals surface area contributed by atoms with Crippen LogP contribution in [0.3, 0.4) is 0 Å². The first-order chi connectivity index (χ1) is 13.3. The number of rotatable bonds is 4. The molecule has 1 aromatic carbocycles. The summed E-state index contributed by atoms with van der Waals surface area (Å²) in [6, 6.07) is 10.5. The zero-order chi connectivity index (χ0) is 20.1. The number of esters is 1. The van der Waals surface area contributed by atoms with E-state index in [1.165, 1.54) is 28.9 Å². The van der Waals surface area contributed by atoms with E-state index in [9.17, 15) is 9.59 Å². The van der Waals surface area contributed by atoms with Crippen LogP contribution < -0.4 is 5.32 Å². The molecule has 1 saturated carbocycles. The molecule has 28 heavy (non-hydrogen) atoms. The quantitative estimate of drug-likeness (QED) is 0.414. The standard InChI is InChI=1S/C21H21Br2NO3S/c1-20(11-21(20,22)23)19(26)24-17-16(18(25)27-2)14-9-8-13(10-15(14)28-17)12-6-4-3-5-7-12/h3-7,13H,8-11H2,1-2H3,(H,24,26)/t13-,20-/m0/s1. The number of hydrogen-bond acceptors (Lipinski definition) is 4. The molecule has 1 fully saturated rings. The number of benzene rings is 1. The Labute approximate surface area is 185 Å². The summed E-state index contributed by atoms with van der Waals surface area (Å²) in [7, 11) is 1.39. The fraction of sp³-hybridized carbons (Fsp3) is 0.429. The van der Waals surface area contributed by atoms with Gasteiger partial charge in [0.05, 0.1) is 21.3 Å². The number of alkyl halides is 2. The highest BCUT2D eigenvalue weighted by Crippen LogP contribution is 2.66. The molecule has 0 unspecified atom stereocenters. The van der Waals surface area contributed by atoms with Crippen LogP contribution in [0.2, 0.25) is 0 Å². The lowest BCUT2D eigenvalue weighted by Gasteiger charge is -2.22. The second-order valence-electron chi connectivity index (χ2n) is 7.72. The van der Waals surface area contributed by atoms with Crippen LogP contribution in [0.5, 0.6) is 0 Å². The molecule has 4 nitrogen and oxygen atoms in total. The van der Waals surface area contributed by atoms with Gasteiger partial charge in [-0.15, -0.1) is 11.3 Å². The maximum atomic E-state index is 12.9. The van der Waals surface area contributed by atoms with E-state index >= 15 is 0 Å². The SMILES string of the molecule is COC(=O)c1c(NC(=O)[C@]2(C)CC2(Br)Br)sc2c1CC[C@H](c1ccccc1)C2. The number of carbonyl (C=O) groups excluding carboxylic acids is 2. The molecule has 2 aromatic rings. The first-order valence-corrected chi connectivity index (χ1v) is 11.6. The van der Waals surface area contributed by atoms with Gasteiger partial charge in [0.15, 0.2) is 0 Å². The van der Waals surface area contributed by atoms with Crippen molar-refractivity contribution < 1.29 is 14.3 Å². The molecular formula is C21H21Br2NO3S. The monoisotopic (exact) mass is 525 g/mol. The third-order valence-electron chi connectivity index (χ3n) is 5.91. The van der Waals surface area contributed by atoms with Crippen LogP contribution in [0.25, 0.3) is 0 Å². The number of ether oxygens (including phenoxy) is 1. The Hall–Kier alpha value is -1.18. The Morgan fingerprint density at radius 2 is 1.93 bits per heavy atom. The number of carbonyl (C=O) groups is 2. The topological polar surface area (TPSA) is 55.4 Å². The minimum Gasteiger partial charge on any atom is -0.465 e. The van der Waals surface area contributed by atoms with Gasteiger partial charge in [-0.2, -0.15) is 0 Å². The molecule has 2 aliphatic carbocycles. The Bertz CT molecular complexity index is 941. The number of amides is 1. The molecule has 7 heteroatoms. The largest absolute Gasteiger partial charge is 0.465 e. The lowest BCUT2D eigenvalue weighted by atomic mass is 9.83. The van der Waals surface area contributed by atoms with E-state index in [1.807, 2.05) is 13.0 Å². The molecule has 148 valence electrons. The van der Waals surface area contributed by atoms with Crippen molar-refractivity contribution in [3.63, 3.8) is 0 Å². The maximum Gasteiger partial charge on any atom is 0.341 e. The summed E-state index contributed by atoms with van der Waals surface area (Å²) < 4.78 is 4.66. The van der Waals surface area contributed by atoms with E-state index in [0.29, 0.717) is 22.9 Å². The zero-order valence-electron chi connectivity index (χ0n) is 15.7. The summed E-state index contributed by atoms with van der Waals surface area (Å²) in [6.45, 7) is 1.91. The van der Waals surface area contributed by atoms with Crippen molar-refractivity contribution in [2.24, 2.45) is 5.41 Å². The Morgan fingerprint density at radius 3 is 2.54 bits per heavy atom. The lowest BCUT2D eigenvalue weighted by Crippen LogP contribution is -2.26. The molecular weight excluding hydrogens is 506 g/mol. The van der Waals surface area contributed by atoms with Crippen LogP contribution in [0.4, 0.5) is 5.00 Å². The van der Waals surface area contributed by atoms with Gasteiger partial charge in [0.1, 0.15) is 5.00 Å². The fourth-order valence-electron chi connectivity index (χ4n) is 3.89. The third-order valence-corrected chi connectivity index (χ3v) is 9.39. The molecule has 1 heterocycles. The average Bonchev–Trinajstić information content (AvgIpc) is 3.04. The van der Waals surface area contributed by atoms with E-state index in [1.54, 1.807) is 0 Å². The van der Waals surface area contributed by atoms with Crippen LogP contribution >= 0.6 is 43.2 Å². The summed E-state index contributed by atoms with van der Waals surface area (Å²) >= 11 is 8.60. The molecule has 0 radical (unpaired) electrons. The second kappa shape index (κ2) is 7.26. The van der Waals surface area contributed by atoms with E-state index in [-0.39, 0.29) is 15.1 Å². The van der Waals surface area contributed by atoms with Crippen molar-refractivity contribution in [1.82, 2.24) is 0 Å². The summed E-state index contributed by atoms with van der Waals surface area (Å²) in [5.41, 5.74) is 2.34. The predicted octanol–water partition coefficient (Wildman–Crippen LogP) is 5.64. The van der Waals surface area contributed by atoms with Crippen LogP contribution in [-0.4, -0.2) is 22.2 Å². The Morgan fingerprint density at radius 1 is 1.25 bits per heavy atom. The second-order valence-corrected chi connectivity index (χ2v) is 12.6. The smallest absolute Gasteiger partial charge is 0.341 e. The minimum absolute atomic E-state index is 0.0930. The van der Waals surface area contributed by atoms with Crippen molar-refractivity contribution in [2.45, 2.75) is 41.8 Å². The number of hydrogen-bond donors (Lipinski definition) is 1. The number of methoxy groups -OCH3 is 1. The van der Waals surface area contributed by atoms with E-state index < -0.39 is 5.41 Å². The molecule has 1 amide bonds. The normalized spacial score (nSPS) is 24.9. The van der Waals surface area contributed by atoms with Crippen molar-refractivity contribution in [2.75, 3.05) is 12.4 Å². The van der Waals surface area contributed by atoms with E-state index in [0.717, 1.165) is 24.8 Å². The highest BCUT2D eigenvalue weighted by molar-refractivity contribution is 9.25. The first-order valence-electron chi connectivity index (χ1n) is 9.24. The number of nitrogens with one attached hydrogen (secondary N) is 1. The highest BCUT2D eigenvalue weighted by Gasteiger charge is 2.66. The number of halogens is 2.